The highest BCUT2D eigenvalue weighted by atomic mass is 16.7. The van der Waals surface area contributed by atoms with Gasteiger partial charge in [0.15, 0.2) is 0 Å². The number of aliphatic hydroxyl groups excluding tert-OH is 1. The van der Waals surface area contributed by atoms with Gasteiger partial charge in [-0.25, -0.2) is 4.79 Å². The molecule has 0 aliphatic heterocycles. The van der Waals surface area contributed by atoms with Crippen LogP contribution in [0.3, 0.4) is 0 Å². The lowest BCUT2D eigenvalue weighted by molar-refractivity contribution is -0.149. The first-order chi connectivity index (χ1) is 23.6. The Bertz CT molecular complexity index is 675. The number of unbranched alkanes of at least 4 members (excludes halogenated alkanes) is 21. The Balaban J connectivity index is 3.87. The Hall–Kier alpha value is -1.34. The Kier molecular flexibility index (Phi) is 37.4. The average molecular weight is 684 g/mol. The molecule has 0 saturated carbocycles. The molecule has 0 aromatic rings. The number of ether oxygens (including phenoxy) is 3. The summed E-state index contributed by atoms with van der Waals surface area (Å²) in [6.45, 7) is 11.1. The molecule has 1 atom stereocenters. The lowest BCUT2D eigenvalue weighted by atomic mass is 9.94. The second kappa shape index (κ2) is 38.5. The number of rotatable bonds is 38. The van der Waals surface area contributed by atoms with E-state index in [0.29, 0.717) is 19.8 Å². The zero-order valence-corrected chi connectivity index (χ0v) is 32.3. The summed E-state index contributed by atoms with van der Waals surface area (Å²) in [6, 6.07) is 0. The minimum absolute atomic E-state index is 0.0452. The maximum Gasteiger partial charge on any atom is 0.508 e. The lowest BCUT2D eigenvalue weighted by Gasteiger charge is -2.21. The van der Waals surface area contributed by atoms with E-state index >= 15 is 0 Å². The van der Waals surface area contributed by atoms with Crippen molar-refractivity contribution in [2.45, 2.75) is 201 Å². The van der Waals surface area contributed by atoms with Crippen molar-refractivity contribution in [3.8, 4) is 0 Å². The smallest absolute Gasteiger partial charge is 0.465 e. The fourth-order valence-corrected chi connectivity index (χ4v) is 6.31. The summed E-state index contributed by atoms with van der Waals surface area (Å²) < 4.78 is 16.1. The van der Waals surface area contributed by atoms with Crippen LogP contribution >= 0.6 is 0 Å². The molecule has 0 amide bonds. The highest BCUT2D eigenvalue weighted by molar-refractivity contribution is 5.72. The normalized spacial score (nSPS) is 12.0. The van der Waals surface area contributed by atoms with Crippen LogP contribution in [0.15, 0.2) is 0 Å². The van der Waals surface area contributed by atoms with E-state index in [4.69, 9.17) is 14.2 Å². The van der Waals surface area contributed by atoms with Gasteiger partial charge in [0.25, 0.3) is 0 Å². The molecule has 7 heteroatoms. The van der Waals surface area contributed by atoms with E-state index in [1.807, 2.05) is 0 Å². The van der Waals surface area contributed by atoms with Crippen LogP contribution in [-0.4, -0.2) is 68.2 Å². The molecule has 1 N–H and O–H groups in total. The van der Waals surface area contributed by atoms with Crippen LogP contribution in [-0.2, 0) is 19.0 Å². The second-order valence-corrected chi connectivity index (χ2v) is 14.1. The fourth-order valence-electron chi connectivity index (χ4n) is 6.31. The number of carbonyl (C=O) groups is 2. The van der Waals surface area contributed by atoms with Gasteiger partial charge in [0, 0.05) is 6.54 Å². The maximum atomic E-state index is 12.8. The molecule has 286 valence electrons. The Morgan fingerprint density at radius 3 is 1.25 bits per heavy atom. The van der Waals surface area contributed by atoms with Gasteiger partial charge in [-0.15, -0.1) is 0 Å². The Labute approximate surface area is 298 Å². The predicted octanol–water partition coefficient (Wildman–Crippen LogP) is 11.6. The summed E-state index contributed by atoms with van der Waals surface area (Å²) in [5, 5.41) is 9.50. The van der Waals surface area contributed by atoms with E-state index in [9.17, 15) is 14.7 Å². The molecule has 0 aromatic carbocycles. The molecule has 0 heterocycles. The maximum absolute atomic E-state index is 12.8. The third-order valence-electron chi connectivity index (χ3n) is 9.48. The molecule has 0 aliphatic carbocycles. The second-order valence-electron chi connectivity index (χ2n) is 14.1. The number of hydrogen-bond donors (Lipinski definition) is 1. The third kappa shape index (κ3) is 33.2. The van der Waals surface area contributed by atoms with Crippen LogP contribution in [0.1, 0.15) is 201 Å². The van der Waals surface area contributed by atoms with Gasteiger partial charge < -0.3 is 24.2 Å². The third-order valence-corrected chi connectivity index (χ3v) is 9.48. The topological polar surface area (TPSA) is 85.3 Å². The zero-order valence-electron chi connectivity index (χ0n) is 32.3. The number of hydrogen-bond acceptors (Lipinski definition) is 7. The van der Waals surface area contributed by atoms with E-state index < -0.39 is 6.16 Å². The molecule has 0 fully saturated rings. The lowest BCUT2D eigenvalue weighted by Crippen LogP contribution is -2.29. The Morgan fingerprint density at radius 1 is 0.458 bits per heavy atom. The van der Waals surface area contributed by atoms with Crippen LogP contribution in [0.5, 0.6) is 0 Å². The van der Waals surface area contributed by atoms with E-state index in [-0.39, 0.29) is 18.5 Å². The predicted molar refractivity (Wildman–Crippen MR) is 202 cm³/mol. The van der Waals surface area contributed by atoms with Crippen molar-refractivity contribution < 1.29 is 28.9 Å². The molecule has 0 aliphatic rings. The summed E-state index contributed by atoms with van der Waals surface area (Å²) in [4.78, 5) is 26.9. The summed E-state index contributed by atoms with van der Waals surface area (Å²) in [5.41, 5.74) is 0. The van der Waals surface area contributed by atoms with Crippen molar-refractivity contribution in [2.24, 2.45) is 5.92 Å². The van der Waals surface area contributed by atoms with E-state index in [2.05, 4.69) is 25.7 Å². The van der Waals surface area contributed by atoms with Crippen LogP contribution < -0.4 is 0 Å². The number of carbonyl (C=O) groups excluding carboxylic acids is 2. The molecule has 0 spiro atoms. The number of aliphatic hydroxyl groups is 1. The van der Waals surface area contributed by atoms with Crippen molar-refractivity contribution >= 4 is 12.1 Å². The minimum atomic E-state index is -0.531. The molecule has 0 saturated heterocycles. The van der Waals surface area contributed by atoms with Gasteiger partial charge in [0.2, 0.25) is 0 Å². The minimum Gasteiger partial charge on any atom is -0.465 e. The van der Waals surface area contributed by atoms with Crippen LogP contribution in [0, 0.1) is 5.92 Å². The van der Waals surface area contributed by atoms with E-state index in [1.165, 1.54) is 89.9 Å². The van der Waals surface area contributed by atoms with Crippen molar-refractivity contribution in [2.75, 3.05) is 46.1 Å². The monoisotopic (exact) mass is 684 g/mol. The standard InChI is InChI=1S/C41H81NO6/c1-4-7-10-13-15-20-28-37-47-41(45)48-38-29-22-19-26-33-42(34-35-43)32-25-18-16-21-27-36-46-40(44)39(30-23-12-9-6-3)31-24-17-14-11-8-5-2/h39,43H,4-38H2,1-3H3. The zero-order chi connectivity index (χ0) is 35.2. The van der Waals surface area contributed by atoms with E-state index in [0.717, 1.165) is 110 Å². The quantitative estimate of drug-likeness (QED) is 0.0512. The molecule has 0 bridgehead atoms. The van der Waals surface area contributed by atoms with Crippen molar-refractivity contribution in [1.82, 2.24) is 4.90 Å². The molecular formula is C41H81NO6. The summed E-state index contributed by atoms with van der Waals surface area (Å²) in [5.74, 6) is 0.135. The summed E-state index contributed by atoms with van der Waals surface area (Å²) in [6.07, 6.45) is 31.9. The van der Waals surface area contributed by atoms with Crippen molar-refractivity contribution in [1.29, 1.82) is 0 Å². The first kappa shape index (κ1) is 46.7. The highest BCUT2D eigenvalue weighted by Crippen LogP contribution is 2.21. The van der Waals surface area contributed by atoms with Crippen LogP contribution in [0.2, 0.25) is 0 Å². The molecule has 1 unspecified atom stereocenters. The molecule has 0 rings (SSSR count). The first-order valence-electron chi connectivity index (χ1n) is 20.9. The van der Waals surface area contributed by atoms with Gasteiger partial charge in [-0.05, 0) is 58.0 Å². The van der Waals surface area contributed by atoms with Crippen LogP contribution in [0.4, 0.5) is 4.79 Å². The van der Waals surface area contributed by atoms with Gasteiger partial charge in [-0.2, -0.15) is 0 Å². The fraction of sp³-hybridized carbons (Fsp3) is 0.951. The van der Waals surface area contributed by atoms with Crippen molar-refractivity contribution in [3.63, 3.8) is 0 Å². The van der Waals surface area contributed by atoms with Crippen LogP contribution in [0.25, 0.3) is 0 Å². The largest absolute Gasteiger partial charge is 0.508 e. The number of nitrogens with zero attached hydrogens (tertiary/aromatic N) is 1. The van der Waals surface area contributed by atoms with Gasteiger partial charge in [-0.3, -0.25) is 4.79 Å². The van der Waals surface area contributed by atoms with Gasteiger partial charge in [0.05, 0.1) is 32.3 Å². The van der Waals surface area contributed by atoms with Gasteiger partial charge >= 0.3 is 12.1 Å². The van der Waals surface area contributed by atoms with Crippen molar-refractivity contribution in [3.05, 3.63) is 0 Å². The summed E-state index contributed by atoms with van der Waals surface area (Å²) in [7, 11) is 0. The SMILES string of the molecule is CCCCCCCCCOC(=O)OCCCCCCN(CCO)CCCCCCCOC(=O)C(CCCCCC)CCCCCCCC. The molecule has 7 nitrogen and oxygen atoms in total. The molecule has 48 heavy (non-hydrogen) atoms. The summed E-state index contributed by atoms with van der Waals surface area (Å²) >= 11 is 0. The molecular weight excluding hydrogens is 602 g/mol. The van der Waals surface area contributed by atoms with Gasteiger partial charge in [-0.1, -0.05) is 156 Å². The van der Waals surface area contributed by atoms with E-state index in [1.54, 1.807) is 0 Å². The first-order valence-corrected chi connectivity index (χ1v) is 20.9. The Morgan fingerprint density at radius 2 is 0.812 bits per heavy atom. The number of esters is 1. The average Bonchev–Trinajstić information content (AvgIpc) is 3.08. The highest BCUT2D eigenvalue weighted by Gasteiger charge is 2.19. The molecule has 0 radical (unpaired) electrons. The molecule has 0 aromatic heterocycles. The van der Waals surface area contributed by atoms with Gasteiger partial charge in [0.1, 0.15) is 0 Å².